The third-order valence-electron chi connectivity index (χ3n) is 3.81. The smallest absolute Gasteiger partial charge is 0.242 e. The van der Waals surface area contributed by atoms with Crippen LogP contribution in [0, 0.1) is 0 Å². The molecule has 1 unspecified atom stereocenters. The maximum atomic E-state index is 12.1. The molecule has 0 saturated carbocycles. The molecule has 0 radical (unpaired) electrons. The van der Waals surface area contributed by atoms with Crippen LogP contribution in [0.25, 0.3) is 0 Å². The van der Waals surface area contributed by atoms with Gasteiger partial charge in [0.25, 0.3) is 0 Å². The monoisotopic (exact) mass is 404 g/mol. The van der Waals surface area contributed by atoms with Crippen molar-refractivity contribution in [3.05, 3.63) is 0 Å². The zero-order valence-corrected chi connectivity index (χ0v) is 17.2. The highest BCUT2D eigenvalue weighted by Gasteiger charge is 2.37. The SMILES string of the molecule is CCCN1C(=O)CC(SCCC(=O)NCCOCCOCCOCC)C1=O. The van der Waals surface area contributed by atoms with Gasteiger partial charge < -0.3 is 19.5 Å². The summed E-state index contributed by atoms with van der Waals surface area (Å²) in [5, 5.41) is 2.43. The van der Waals surface area contributed by atoms with Crippen molar-refractivity contribution in [3.63, 3.8) is 0 Å². The molecule has 0 bridgehead atoms. The van der Waals surface area contributed by atoms with Crippen LogP contribution in [0.15, 0.2) is 0 Å². The Hall–Kier alpha value is -1.16. The summed E-state index contributed by atoms with van der Waals surface area (Å²) in [6.07, 6.45) is 1.32. The van der Waals surface area contributed by atoms with Gasteiger partial charge in [0.05, 0.1) is 38.3 Å². The lowest BCUT2D eigenvalue weighted by atomic mass is 10.3. The second-order valence-electron chi connectivity index (χ2n) is 5.97. The first-order chi connectivity index (χ1) is 13.1. The number of likely N-dealkylation sites (tertiary alicyclic amines) is 1. The van der Waals surface area contributed by atoms with Crippen molar-refractivity contribution in [1.82, 2.24) is 10.2 Å². The Bertz CT molecular complexity index is 463. The van der Waals surface area contributed by atoms with Crippen LogP contribution in [-0.2, 0) is 28.6 Å². The van der Waals surface area contributed by atoms with E-state index in [1.165, 1.54) is 16.7 Å². The third-order valence-corrected chi connectivity index (χ3v) is 5.03. The minimum Gasteiger partial charge on any atom is -0.379 e. The zero-order valence-electron chi connectivity index (χ0n) is 16.4. The molecular weight excluding hydrogens is 372 g/mol. The molecule has 27 heavy (non-hydrogen) atoms. The lowest BCUT2D eigenvalue weighted by Gasteiger charge is -2.13. The van der Waals surface area contributed by atoms with Crippen molar-refractivity contribution >= 4 is 29.5 Å². The maximum Gasteiger partial charge on any atom is 0.242 e. The summed E-state index contributed by atoms with van der Waals surface area (Å²) in [5.74, 6) is 0.206. The van der Waals surface area contributed by atoms with Gasteiger partial charge in [-0.2, -0.15) is 0 Å². The largest absolute Gasteiger partial charge is 0.379 e. The van der Waals surface area contributed by atoms with Gasteiger partial charge in [0.1, 0.15) is 0 Å². The minimum atomic E-state index is -0.345. The van der Waals surface area contributed by atoms with Gasteiger partial charge in [-0.15, -0.1) is 11.8 Å². The quantitative estimate of drug-likeness (QED) is 0.301. The van der Waals surface area contributed by atoms with Crippen molar-refractivity contribution in [2.75, 3.05) is 58.5 Å². The number of carbonyl (C=O) groups excluding carboxylic acids is 3. The molecule has 1 N–H and O–H groups in total. The molecular formula is C18H32N2O6S. The highest BCUT2D eigenvalue weighted by atomic mass is 32.2. The van der Waals surface area contributed by atoms with E-state index in [2.05, 4.69) is 5.32 Å². The standard InChI is InChI=1S/C18H32N2O6S/c1-3-7-20-17(22)14-15(18(20)23)27-13-5-16(21)19-6-8-25-11-12-26-10-9-24-4-2/h15H,3-14H2,1-2H3,(H,19,21). The molecule has 0 aromatic rings. The third kappa shape index (κ3) is 10.1. The van der Waals surface area contributed by atoms with E-state index in [9.17, 15) is 14.4 Å². The fraction of sp³-hybridized carbons (Fsp3) is 0.833. The topological polar surface area (TPSA) is 94.2 Å². The minimum absolute atomic E-state index is 0.0822. The average Bonchev–Trinajstić information content (AvgIpc) is 2.91. The van der Waals surface area contributed by atoms with Crippen LogP contribution < -0.4 is 5.32 Å². The number of nitrogens with zero attached hydrogens (tertiary/aromatic N) is 1. The summed E-state index contributed by atoms with van der Waals surface area (Å²) >= 11 is 1.38. The first-order valence-corrected chi connectivity index (χ1v) is 10.6. The van der Waals surface area contributed by atoms with E-state index in [1.54, 1.807) is 0 Å². The molecule has 1 rings (SSSR count). The Kier molecular flexibility index (Phi) is 13.1. The fourth-order valence-corrected chi connectivity index (χ4v) is 3.59. The number of imide groups is 1. The number of thioether (sulfide) groups is 1. The van der Waals surface area contributed by atoms with Gasteiger partial charge in [-0.25, -0.2) is 0 Å². The van der Waals surface area contributed by atoms with Crippen LogP contribution in [-0.4, -0.2) is 86.4 Å². The predicted molar refractivity (Wildman–Crippen MR) is 104 cm³/mol. The Balaban J connectivity index is 1.97. The van der Waals surface area contributed by atoms with Gasteiger partial charge in [0.2, 0.25) is 17.7 Å². The Morgan fingerprint density at radius 1 is 1.11 bits per heavy atom. The average molecular weight is 405 g/mol. The second kappa shape index (κ2) is 14.8. The molecule has 0 aliphatic carbocycles. The molecule has 156 valence electrons. The van der Waals surface area contributed by atoms with Gasteiger partial charge in [-0.1, -0.05) is 6.92 Å². The zero-order chi connectivity index (χ0) is 19.9. The first kappa shape index (κ1) is 23.9. The Morgan fingerprint density at radius 3 is 2.44 bits per heavy atom. The molecule has 3 amide bonds. The molecule has 1 saturated heterocycles. The number of amides is 3. The van der Waals surface area contributed by atoms with Gasteiger partial charge >= 0.3 is 0 Å². The molecule has 1 aliphatic rings. The van der Waals surface area contributed by atoms with Crippen LogP contribution in [0.4, 0.5) is 0 Å². The Morgan fingerprint density at radius 2 is 1.78 bits per heavy atom. The summed E-state index contributed by atoms with van der Waals surface area (Å²) in [6.45, 7) is 8.01. The normalized spacial score (nSPS) is 17.0. The molecule has 9 heteroatoms. The lowest BCUT2D eigenvalue weighted by Crippen LogP contribution is -2.32. The van der Waals surface area contributed by atoms with E-state index >= 15 is 0 Å². The second-order valence-corrected chi connectivity index (χ2v) is 7.28. The van der Waals surface area contributed by atoms with E-state index < -0.39 is 0 Å². The molecule has 1 fully saturated rings. The summed E-state index contributed by atoms with van der Waals surface area (Å²) in [6, 6.07) is 0. The number of carbonyl (C=O) groups is 3. The van der Waals surface area contributed by atoms with Crippen molar-refractivity contribution < 1.29 is 28.6 Å². The summed E-state index contributed by atoms with van der Waals surface area (Å²) in [5.41, 5.74) is 0. The molecule has 0 aromatic heterocycles. The summed E-state index contributed by atoms with van der Waals surface area (Å²) in [7, 11) is 0. The predicted octanol–water partition coefficient (Wildman–Crippen LogP) is 0.833. The Labute approximate surface area is 165 Å². The van der Waals surface area contributed by atoms with Crippen molar-refractivity contribution in [3.8, 4) is 0 Å². The van der Waals surface area contributed by atoms with Gasteiger partial charge in [-0.05, 0) is 13.3 Å². The fourth-order valence-electron chi connectivity index (χ4n) is 2.47. The van der Waals surface area contributed by atoms with E-state index in [0.717, 1.165) is 6.42 Å². The lowest BCUT2D eigenvalue weighted by molar-refractivity contribution is -0.138. The number of hydrogen-bond donors (Lipinski definition) is 1. The number of nitrogens with one attached hydrogen (secondary N) is 1. The van der Waals surface area contributed by atoms with Gasteiger partial charge in [-0.3, -0.25) is 19.3 Å². The van der Waals surface area contributed by atoms with Crippen LogP contribution >= 0.6 is 11.8 Å². The molecule has 0 aromatic carbocycles. The highest BCUT2D eigenvalue weighted by molar-refractivity contribution is 8.00. The van der Waals surface area contributed by atoms with Crippen molar-refractivity contribution in [2.24, 2.45) is 0 Å². The van der Waals surface area contributed by atoms with Crippen LogP contribution in [0.2, 0.25) is 0 Å². The number of rotatable bonds is 16. The van der Waals surface area contributed by atoms with E-state index in [4.69, 9.17) is 14.2 Å². The van der Waals surface area contributed by atoms with Crippen molar-refractivity contribution in [2.45, 2.75) is 38.4 Å². The maximum absolute atomic E-state index is 12.1. The van der Waals surface area contributed by atoms with Crippen molar-refractivity contribution in [1.29, 1.82) is 0 Å². The van der Waals surface area contributed by atoms with Gasteiger partial charge in [0.15, 0.2) is 0 Å². The number of hydrogen-bond acceptors (Lipinski definition) is 7. The van der Waals surface area contributed by atoms with Crippen LogP contribution in [0.1, 0.15) is 33.1 Å². The molecule has 1 atom stereocenters. The molecule has 0 spiro atoms. The van der Waals surface area contributed by atoms with Gasteiger partial charge in [0, 0.05) is 38.3 Å². The molecule has 1 heterocycles. The first-order valence-electron chi connectivity index (χ1n) is 9.55. The van der Waals surface area contributed by atoms with Crippen LogP contribution in [0.3, 0.4) is 0 Å². The summed E-state index contributed by atoms with van der Waals surface area (Å²) in [4.78, 5) is 37.0. The number of ether oxygens (including phenoxy) is 3. The van der Waals surface area contributed by atoms with Crippen LogP contribution in [0.5, 0.6) is 0 Å². The summed E-state index contributed by atoms with van der Waals surface area (Å²) < 4.78 is 15.8. The highest BCUT2D eigenvalue weighted by Crippen LogP contribution is 2.25. The van der Waals surface area contributed by atoms with E-state index in [-0.39, 0.29) is 29.4 Å². The van der Waals surface area contributed by atoms with E-state index in [1.807, 2.05) is 13.8 Å². The molecule has 1 aliphatic heterocycles. The molecule has 8 nitrogen and oxygen atoms in total. The van der Waals surface area contributed by atoms with E-state index in [0.29, 0.717) is 64.9 Å².